The van der Waals surface area contributed by atoms with Gasteiger partial charge in [0.15, 0.2) is 0 Å². The van der Waals surface area contributed by atoms with Crippen molar-refractivity contribution in [1.29, 1.82) is 0 Å². The van der Waals surface area contributed by atoms with E-state index in [1.165, 1.54) is 40.3 Å². The first-order valence-electron chi connectivity index (χ1n) is 7.61. The summed E-state index contributed by atoms with van der Waals surface area (Å²) in [4.78, 5) is 12.7. The van der Waals surface area contributed by atoms with Crippen LogP contribution in [0.3, 0.4) is 0 Å². The lowest BCUT2D eigenvalue weighted by Gasteiger charge is -2.14. The van der Waals surface area contributed by atoms with Crippen LogP contribution in [0.25, 0.3) is 5.69 Å². The van der Waals surface area contributed by atoms with Crippen LogP contribution in [0.4, 0.5) is 4.39 Å². The minimum Gasteiger partial charge on any atom is -0.349 e. The lowest BCUT2D eigenvalue weighted by molar-refractivity contribution is 0.0938. The van der Waals surface area contributed by atoms with Crippen LogP contribution in [-0.4, -0.2) is 32.2 Å². The number of benzene rings is 2. The first-order chi connectivity index (χ1) is 11.7. The van der Waals surface area contributed by atoms with E-state index in [4.69, 9.17) is 0 Å². The molecule has 0 saturated carbocycles. The van der Waals surface area contributed by atoms with Crippen molar-refractivity contribution in [2.75, 3.05) is 0 Å². The second-order valence-corrected chi connectivity index (χ2v) is 5.76. The van der Waals surface area contributed by atoms with Gasteiger partial charge in [-0.3, -0.25) is 4.79 Å². The van der Waals surface area contributed by atoms with E-state index < -0.39 is 5.82 Å². The van der Waals surface area contributed by atoms with Gasteiger partial charge in [-0.25, -0.2) is 4.39 Å². The fraction of sp³-hybridized carbons (Fsp3) is 0.176. The van der Waals surface area contributed by atoms with Gasteiger partial charge in [0.1, 0.15) is 12.1 Å². The molecule has 1 heterocycles. The number of nitrogens with zero attached hydrogens (tertiary/aromatic N) is 4. The number of carbonyl (C=O) groups is 1. The highest BCUT2D eigenvalue weighted by Crippen LogP contribution is 2.22. The maximum Gasteiger partial charge on any atom is 0.253 e. The van der Waals surface area contributed by atoms with Gasteiger partial charge in [-0.2, -0.15) is 4.68 Å². The highest BCUT2D eigenvalue weighted by atomic mass is 19.1. The van der Waals surface area contributed by atoms with Crippen molar-refractivity contribution in [2.24, 2.45) is 0 Å². The molecule has 1 N–H and O–H groups in total. The van der Waals surface area contributed by atoms with Gasteiger partial charge < -0.3 is 5.32 Å². The standard InChI is InChI=1S/C17H14FN5O/c18-13-5-6-15(16(9-13)23-10-19-21-22-23)17(24)20-14-7-11-3-1-2-4-12(11)8-14/h1-6,9-10,14H,7-8H2,(H,20,24). The topological polar surface area (TPSA) is 72.7 Å². The van der Waals surface area contributed by atoms with E-state index in [-0.39, 0.29) is 11.9 Å². The number of halogens is 1. The molecule has 4 rings (SSSR count). The lowest BCUT2D eigenvalue weighted by atomic mass is 10.1. The molecule has 0 aliphatic heterocycles. The Balaban J connectivity index is 1.58. The van der Waals surface area contributed by atoms with Crippen LogP contribution < -0.4 is 5.32 Å². The molecule has 1 aromatic heterocycles. The molecule has 3 aromatic rings. The van der Waals surface area contributed by atoms with E-state index in [1.54, 1.807) is 0 Å². The Hall–Kier alpha value is -3.09. The number of fused-ring (bicyclic) bond motifs is 1. The predicted molar refractivity (Wildman–Crippen MR) is 84.2 cm³/mol. The smallest absolute Gasteiger partial charge is 0.253 e. The Labute approximate surface area is 137 Å². The molecule has 0 radical (unpaired) electrons. The Morgan fingerprint density at radius 1 is 1.17 bits per heavy atom. The van der Waals surface area contributed by atoms with Crippen LogP contribution in [0.15, 0.2) is 48.8 Å². The lowest BCUT2D eigenvalue weighted by Crippen LogP contribution is -2.35. The molecule has 0 atom stereocenters. The van der Waals surface area contributed by atoms with Gasteiger partial charge in [0.05, 0.1) is 11.3 Å². The summed E-state index contributed by atoms with van der Waals surface area (Å²) in [6.45, 7) is 0. The fourth-order valence-corrected chi connectivity index (χ4v) is 3.08. The SMILES string of the molecule is O=C(NC1Cc2ccccc2C1)c1ccc(F)cc1-n1cnnn1. The summed E-state index contributed by atoms with van der Waals surface area (Å²) in [5, 5.41) is 13.8. The van der Waals surface area contributed by atoms with E-state index in [9.17, 15) is 9.18 Å². The summed E-state index contributed by atoms with van der Waals surface area (Å²) in [5.41, 5.74) is 3.15. The molecular weight excluding hydrogens is 309 g/mol. The van der Waals surface area contributed by atoms with Crippen LogP contribution in [-0.2, 0) is 12.8 Å². The van der Waals surface area contributed by atoms with E-state index in [0.29, 0.717) is 11.3 Å². The van der Waals surface area contributed by atoms with E-state index in [1.807, 2.05) is 12.1 Å². The van der Waals surface area contributed by atoms with Gasteiger partial charge in [0.2, 0.25) is 0 Å². The second kappa shape index (κ2) is 5.84. The van der Waals surface area contributed by atoms with Crippen LogP contribution in [0.1, 0.15) is 21.5 Å². The summed E-state index contributed by atoms with van der Waals surface area (Å²) in [6, 6.07) is 12.1. The van der Waals surface area contributed by atoms with E-state index in [2.05, 4.69) is 33.0 Å². The Kier molecular flexibility index (Phi) is 3.53. The molecule has 120 valence electrons. The Morgan fingerprint density at radius 2 is 1.92 bits per heavy atom. The fourth-order valence-electron chi connectivity index (χ4n) is 3.08. The van der Waals surface area contributed by atoms with Gasteiger partial charge in [-0.1, -0.05) is 24.3 Å². The van der Waals surface area contributed by atoms with Crippen molar-refractivity contribution >= 4 is 5.91 Å². The molecule has 24 heavy (non-hydrogen) atoms. The van der Waals surface area contributed by atoms with Gasteiger partial charge >= 0.3 is 0 Å². The molecule has 0 bridgehead atoms. The minimum absolute atomic E-state index is 0.0293. The molecule has 2 aromatic carbocycles. The molecule has 0 spiro atoms. The summed E-state index contributed by atoms with van der Waals surface area (Å²) < 4.78 is 14.9. The second-order valence-electron chi connectivity index (χ2n) is 5.76. The van der Waals surface area contributed by atoms with Gasteiger partial charge in [0, 0.05) is 12.1 Å². The maximum absolute atomic E-state index is 13.6. The number of nitrogens with one attached hydrogen (secondary N) is 1. The van der Waals surface area contributed by atoms with Crippen molar-refractivity contribution in [3.8, 4) is 5.69 Å². The highest BCUT2D eigenvalue weighted by molar-refractivity contribution is 5.98. The molecule has 6 nitrogen and oxygen atoms in total. The minimum atomic E-state index is -0.453. The van der Waals surface area contributed by atoms with E-state index >= 15 is 0 Å². The van der Waals surface area contributed by atoms with Crippen LogP contribution in [0.5, 0.6) is 0 Å². The molecular formula is C17H14FN5O. The number of rotatable bonds is 3. The summed E-state index contributed by atoms with van der Waals surface area (Å²) >= 11 is 0. The van der Waals surface area contributed by atoms with Crippen molar-refractivity contribution in [2.45, 2.75) is 18.9 Å². The molecule has 1 amide bonds. The summed E-state index contributed by atoms with van der Waals surface area (Å²) in [7, 11) is 0. The van der Waals surface area contributed by atoms with Crippen molar-refractivity contribution in [1.82, 2.24) is 25.5 Å². The first kappa shape index (κ1) is 14.5. The number of tetrazole rings is 1. The van der Waals surface area contributed by atoms with Crippen molar-refractivity contribution < 1.29 is 9.18 Å². The third kappa shape index (κ3) is 2.64. The highest BCUT2D eigenvalue weighted by Gasteiger charge is 2.24. The third-order valence-corrected chi connectivity index (χ3v) is 4.19. The van der Waals surface area contributed by atoms with Crippen LogP contribution >= 0.6 is 0 Å². The van der Waals surface area contributed by atoms with Crippen molar-refractivity contribution in [3.63, 3.8) is 0 Å². The number of hydrogen-bond donors (Lipinski definition) is 1. The average molecular weight is 323 g/mol. The number of aromatic nitrogens is 4. The van der Waals surface area contributed by atoms with Gasteiger partial charge in [-0.05, 0) is 46.5 Å². The zero-order valence-electron chi connectivity index (χ0n) is 12.7. The van der Waals surface area contributed by atoms with Gasteiger partial charge in [-0.15, -0.1) is 5.10 Å². The monoisotopic (exact) mass is 323 g/mol. The zero-order chi connectivity index (χ0) is 16.5. The molecule has 0 fully saturated rings. The summed E-state index contributed by atoms with van der Waals surface area (Å²) in [6.07, 6.45) is 2.92. The number of hydrogen-bond acceptors (Lipinski definition) is 4. The quantitative estimate of drug-likeness (QED) is 0.796. The van der Waals surface area contributed by atoms with E-state index in [0.717, 1.165) is 12.8 Å². The van der Waals surface area contributed by atoms with Crippen molar-refractivity contribution in [3.05, 3.63) is 71.3 Å². The molecule has 1 aliphatic rings. The Bertz CT molecular complexity index is 869. The normalized spacial score (nSPS) is 13.7. The first-order valence-corrected chi connectivity index (χ1v) is 7.61. The molecule has 7 heteroatoms. The average Bonchev–Trinajstić information content (AvgIpc) is 3.23. The maximum atomic E-state index is 13.6. The predicted octanol–water partition coefficient (Wildman–Crippen LogP) is 1.70. The van der Waals surface area contributed by atoms with Crippen LogP contribution in [0, 0.1) is 5.82 Å². The number of carbonyl (C=O) groups excluding carboxylic acids is 1. The zero-order valence-corrected chi connectivity index (χ0v) is 12.7. The summed E-state index contributed by atoms with van der Waals surface area (Å²) in [5.74, 6) is -0.719. The molecule has 0 unspecified atom stereocenters. The third-order valence-electron chi connectivity index (χ3n) is 4.19. The van der Waals surface area contributed by atoms with Crippen LogP contribution in [0.2, 0.25) is 0 Å². The molecule has 0 saturated heterocycles. The Morgan fingerprint density at radius 3 is 2.58 bits per heavy atom. The number of amides is 1. The van der Waals surface area contributed by atoms with Gasteiger partial charge in [0.25, 0.3) is 5.91 Å². The largest absolute Gasteiger partial charge is 0.349 e. The molecule has 1 aliphatic carbocycles.